The Kier molecular flexibility index (Phi) is 2.08. The molecule has 3 atom stereocenters. The zero-order valence-electron chi connectivity index (χ0n) is 7.70. The molecule has 1 aliphatic carbocycles. The highest BCUT2D eigenvalue weighted by atomic mass is 19.1. The Bertz CT molecular complexity index is 293. The Balaban J connectivity index is 2.12. The van der Waals surface area contributed by atoms with E-state index in [1.165, 1.54) is 18.6 Å². The number of hydrogen-bond donors (Lipinski definition) is 1. The maximum atomic E-state index is 12.6. The molecule has 1 fully saturated rings. The summed E-state index contributed by atoms with van der Waals surface area (Å²) < 4.78 is 12.6. The van der Waals surface area contributed by atoms with Crippen LogP contribution in [0.1, 0.15) is 24.9 Å². The number of hydrogen-bond acceptors (Lipinski definition) is 1. The molecule has 1 saturated carbocycles. The summed E-state index contributed by atoms with van der Waals surface area (Å²) in [4.78, 5) is 0. The molecule has 1 aromatic rings. The molecule has 0 amide bonds. The van der Waals surface area contributed by atoms with Crippen molar-refractivity contribution in [2.24, 2.45) is 17.6 Å². The molecule has 13 heavy (non-hydrogen) atoms. The first-order valence-electron chi connectivity index (χ1n) is 4.69. The summed E-state index contributed by atoms with van der Waals surface area (Å²) in [6, 6.07) is 6.61. The van der Waals surface area contributed by atoms with Gasteiger partial charge in [-0.05, 0) is 36.0 Å². The van der Waals surface area contributed by atoms with Crippen molar-refractivity contribution in [2.45, 2.75) is 19.4 Å². The van der Waals surface area contributed by atoms with E-state index in [0.717, 1.165) is 11.5 Å². The number of halogens is 1. The van der Waals surface area contributed by atoms with Crippen LogP contribution < -0.4 is 5.73 Å². The second kappa shape index (κ2) is 3.11. The van der Waals surface area contributed by atoms with Gasteiger partial charge < -0.3 is 5.73 Å². The quantitative estimate of drug-likeness (QED) is 0.741. The van der Waals surface area contributed by atoms with E-state index in [-0.39, 0.29) is 11.9 Å². The van der Waals surface area contributed by atoms with Crippen LogP contribution >= 0.6 is 0 Å². The third-order valence-electron chi connectivity index (χ3n) is 2.89. The molecule has 1 aliphatic rings. The fourth-order valence-corrected chi connectivity index (χ4v) is 1.78. The van der Waals surface area contributed by atoms with Crippen molar-refractivity contribution in [1.82, 2.24) is 0 Å². The predicted octanol–water partition coefficient (Wildman–Crippen LogP) is 2.48. The molecular weight excluding hydrogens is 165 g/mol. The highest BCUT2D eigenvalue weighted by molar-refractivity contribution is 5.21. The van der Waals surface area contributed by atoms with Crippen LogP contribution in [0.2, 0.25) is 0 Å². The molecule has 2 rings (SSSR count). The van der Waals surface area contributed by atoms with Gasteiger partial charge in [-0.25, -0.2) is 4.39 Å². The molecule has 0 radical (unpaired) electrons. The van der Waals surface area contributed by atoms with E-state index >= 15 is 0 Å². The molecular formula is C11H14FN. The highest BCUT2D eigenvalue weighted by Gasteiger charge is 2.38. The maximum absolute atomic E-state index is 12.6. The lowest BCUT2D eigenvalue weighted by atomic mass is 10.0. The smallest absolute Gasteiger partial charge is 0.123 e. The van der Waals surface area contributed by atoms with Crippen LogP contribution in [0.3, 0.4) is 0 Å². The van der Waals surface area contributed by atoms with E-state index in [9.17, 15) is 4.39 Å². The summed E-state index contributed by atoms with van der Waals surface area (Å²) in [6.07, 6.45) is 1.21. The van der Waals surface area contributed by atoms with Gasteiger partial charge >= 0.3 is 0 Å². The van der Waals surface area contributed by atoms with Crippen LogP contribution in [0.5, 0.6) is 0 Å². The van der Waals surface area contributed by atoms with E-state index in [0.29, 0.717) is 5.92 Å². The summed E-state index contributed by atoms with van der Waals surface area (Å²) in [7, 11) is 0. The van der Waals surface area contributed by atoms with Crippen molar-refractivity contribution >= 4 is 0 Å². The lowest BCUT2D eigenvalue weighted by Crippen LogP contribution is -2.13. The van der Waals surface area contributed by atoms with Crippen molar-refractivity contribution in [3.63, 3.8) is 0 Å². The topological polar surface area (TPSA) is 26.0 Å². The van der Waals surface area contributed by atoms with E-state index in [2.05, 4.69) is 6.92 Å². The second-order valence-corrected chi connectivity index (χ2v) is 3.95. The van der Waals surface area contributed by atoms with Gasteiger partial charge in [0.2, 0.25) is 0 Å². The summed E-state index contributed by atoms with van der Waals surface area (Å²) in [5, 5.41) is 0. The molecule has 0 heterocycles. The minimum absolute atomic E-state index is 0.0931. The van der Waals surface area contributed by atoms with E-state index in [1.54, 1.807) is 12.1 Å². The SMILES string of the molecule is CC1CC1C(N)c1ccc(F)cc1. The van der Waals surface area contributed by atoms with Gasteiger partial charge in [0.05, 0.1) is 0 Å². The van der Waals surface area contributed by atoms with Crippen LogP contribution in [-0.4, -0.2) is 0 Å². The molecule has 0 aromatic heterocycles. The lowest BCUT2D eigenvalue weighted by Gasteiger charge is -2.10. The van der Waals surface area contributed by atoms with Gasteiger partial charge in [0, 0.05) is 6.04 Å². The maximum Gasteiger partial charge on any atom is 0.123 e. The molecule has 0 bridgehead atoms. The Morgan fingerprint density at radius 2 is 1.92 bits per heavy atom. The predicted molar refractivity (Wildman–Crippen MR) is 50.6 cm³/mol. The summed E-state index contributed by atoms with van der Waals surface area (Å²) in [6.45, 7) is 2.20. The van der Waals surface area contributed by atoms with E-state index in [4.69, 9.17) is 5.73 Å². The third kappa shape index (κ3) is 1.73. The molecule has 70 valence electrons. The number of nitrogens with two attached hydrogens (primary N) is 1. The summed E-state index contributed by atoms with van der Waals surface area (Å²) in [5.74, 6) is 1.14. The minimum atomic E-state index is -0.195. The monoisotopic (exact) mass is 179 g/mol. The lowest BCUT2D eigenvalue weighted by molar-refractivity contribution is 0.587. The minimum Gasteiger partial charge on any atom is -0.324 e. The zero-order chi connectivity index (χ0) is 9.42. The molecule has 0 spiro atoms. The molecule has 2 heteroatoms. The molecule has 2 N–H and O–H groups in total. The third-order valence-corrected chi connectivity index (χ3v) is 2.89. The van der Waals surface area contributed by atoms with Gasteiger partial charge in [-0.1, -0.05) is 19.1 Å². The van der Waals surface area contributed by atoms with Gasteiger partial charge in [-0.15, -0.1) is 0 Å². The fraction of sp³-hybridized carbons (Fsp3) is 0.455. The average Bonchev–Trinajstić information content (AvgIpc) is 2.83. The van der Waals surface area contributed by atoms with Gasteiger partial charge in [0.1, 0.15) is 5.82 Å². The van der Waals surface area contributed by atoms with Crippen molar-refractivity contribution < 1.29 is 4.39 Å². The van der Waals surface area contributed by atoms with Crippen LogP contribution in [0.25, 0.3) is 0 Å². The van der Waals surface area contributed by atoms with E-state index in [1.807, 2.05) is 0 Å². The second-order valence-electron chi connectivity index (χ2n) is 3.95. The first-order valence-corrected chi connectivity index (χ1v) is 4.69. The van der Waals surface area contributed by atoms with Crippen LogP contribution in [0, 0.1) is 17.7 Å². The average molecular weight is 179 g/mol. The van der Waals surface area contributed by atoms with E-state index < -0.39 is 0 Å². The number of rotatable bonds is 2. The Hall–Kier alpha value is -0.890. The van der Waals surface area contributed by atoms with Gasteiger partial charge in [0.15, 0.2) is 0 Å². The molecule has 0 aliphatic heterocycles. The van der Waals surface area contributed by atoms with Gasteiger partial charge in [0.25, 0.3) is 0 Å². The van der Waals surface area contributed by atoms with Crippen LogP contribution in [-0.2, 0) is 0 Å². The van der Waals surface area contributed by atoms with Crippen LogP contribution in [0.15, 0.2) is 24.3 Å². The Morgan fingerprint density at radius 3 is 2.38 bits per heavy atom. The number of benzene rings is 1. The van der Waals surface area contributed by atoms with Gasteiger partial charge in [-0.2, -0.15) is 0 Å². The Labute approximate surface area is 77.8 Å². The highest BCUT2D eigenvalue weighted by Crippen LogP contribution is 2.45. The molecule has 0 saturated heterocycles. The molecule has 1 nitrogen and oxygen atoms in total. The largest absolute Gasteiger partial charge is 0.324 e. The molecule has 3 unspecified atom stereocenters. The Morgan fingerprint density at radius 1 is 1.38 bits per heavy atom. The van der Waals surface area contributed by atoms with Crippen molar-refractivity contribution in [2.75, 3.05) is 0 Å². The zero-order valence-corrected chi connectivity index (χ0v) is 7.70. The molecule has 1 aromatic carbocycles. The van der Waals surface area contributed by atoms with Gasteiger partial charge in [-0.3, -0.25) is 0 Å². The first-order chi connectivity index (χ1) is 6.18. The summed E-state index contributed by atoms with van der Waals surface area (Å²) >= 11 is 0. The normalized spacial score (nSPS) is 28.5. The summed E-state index contributed by atoms with van der Waals surface area (Å²) in [5.41, 5.74) is 7.07. The van der Waals surface area contributed by atoms with Crippen LogP contribution in [0.4, 0.5) is 4.39 Å². The standard InChI is InChI=1S/C11H14FN/c1-7-6-10(7)11(13)8-2-4-9(12)5-3-8/h2-5,7,10-11H,6,13H2,1H3. The first kappa shape index (κ1) is 8.70. The van der Waals surface area contributed by atoms with Crippen molar-refractivity contribution in [3.8, 4) is 0 Å². The van der Waals surface area contributed by atoms with Crippen molar-refractivity contribution in [3.05, 3.63) is 35.6 Å². The fourth-order valence-electron chi connectivity index (χ4n) is 1.78. The van der Waals surface area contributed by atoms with Crippen molar-refractivity contribution in [1.29, 1.82) is 0 Å².